The Morgan fingerprint density at radius 2 is 1.54 bits per heavy atom. The van der Waals surface area contributed by atoms with Crippen LogP contribution in [0.25, 0.3) is 18.4 Å². The van der Waals surface area contributed by atoms with E-state index in [4.69, 9.17) is 11.5 Å². The highest BCUT2D eigenvalue weighted by molar-refractivity contribution is 5.81. The van der Waals surface area contributed by atoms with E-state index in [2.05, 4.69) is 20.0 Å². The van der Waals surface area contributed by atoms with Gasteiger partial charge in [0.25, 0.3) is 0 Å². The van der Waals surface area contributed by atoms with Crippen molar-refractivity contribution >= 4 is 24.6 Å². The summed E-state index contributed by atoms with van der Waals surface area (Å²) in [5.74, 6) is 0. The van der Waals surface area contributed by atoms with Gasteiger partial charge in [0, 0.05) is 53.8 Å². The topological polar surface area (TPSA) is 103 Å². The van der Waals surface area contributed by atoms with Crippen LogP contribution in [0.2, 0.25) is 0 Å². The van der Waals surface area contributed by atoms with E-state index in [9.17, 15) is 0 Å². The van der Waals surface area contributed by atoms with Crippen molar-refractivity contribution in [2.45, 2.75) is 24.9 Å². The Labute approximate surface area is 151 Å². The third-order valence-electron chi connectivity index (χ3n) is 3.86. The van der Waals surface area contributed by atoms with Gasteiger partial charge in [0.15, 0.2) is 0 Å². The summed E-state index contributed by atoms with van der Waals surface area (Å²) in [6.07, 6.45) is 18.1. The molecular weight excluding hydrogens is 324 g/mol. The van der Waals surface area contributed by atoms with Crippen LogP contribution in [0.15, 0.2) is 59.2 Å². The van der Waals surface area contributed by atoms with Gasteiger partial charge >= 0.3 is 0 Å². The summed E-state index contributed by atoms with van der Waals surface area (Å²) in [7, 11) is 0. The van der Waals surface area contributed by atoms with Crippen LogP contribution in [0, 0.1) is 0 Å². The molecule has 2 aromatic rings. The fourth-order valence-corrected chi connectivity index (χ4v) is 2.60. The molecule has 4 rings (SSSR count). The normalized spacial score (nSPS) is 25.4. The van der Waals surface area contributed by atoms with Crippen LogP contribution in [0.4, 0.5) is 0 Å². The molecule has 0 amide bonds. The predicted molar refractivity (Wildman–Crippen MR) is 105 cm³/mol. The Morgan fingerprint density at radius 1 is 0.846 bits per heavy atom. The Bertz CT molecular complexity index is 1000. The van der Waals surface area contributed by atoms with Crippen LogP contribution in [0.1, 0.15) is 13.8 Å². The fourth-order valence-electron chi connectivity index (χ4n) is 2.60. The molecule has 26 heavy (non-hydrogen) atoms. The van der Waals surface area contributed by atoms with Crippen molar-refractivity contribution in [3.8, 4) is 0 Å². The lowest BCUT2D eigenvalue weighted by Crippen LogP contribution is -2.38. The molecule has 4 N–H and O–H groups in total. The van der Waals surface area contributed by atoms with Crippen LogP contribution in [-0.4, -0.2) is 27.3 Å². The van der Waals surface area contributed by atoms with Crippen LogP contribution in [0.3, 0.4) is 0 Å². The molecule has 0 saturated heterocycles. The first-order valence-corrected chi connectivity index (χ1v) is 8.28. The third-order valence-corrected chi connectivity index (χ3v) is 3.86. The molecule has 2 aliphatic rings. The second kappa shape index (κ2) is 7.11. The third kappa shape index (κ3) is 4.56. The van der Waals surface area contributed by atoms with E-state index in [-0.39, 0.29) is 0 Å². The van der Waals surface area contributed by atoms with Gasteiger partial charge in [0.1, 0.15) is 0 Å². The molecule has 0 fully saturated rings. The summed E-state index contributed by atoms with van der Waals surface area (Å²) in [6, 6.07) is 3.79. The maximum absolute atomic E-state index is 5.96. The Hall–Kier alpha value is -2.96. The van der Waals surface area contributed by atoms with E-state index < -0.39 is 11.1 Å². The fraction of sp³-hybridized carbons (Fsp3) is 0.200. The largest absolute Gasteiger partial charge is 0.319 e. The molecule has 132 valence electrons. The number of hydrogen-bond donors (Lipinski definition) is 2. The number of aromatic nitrogens is 2. The molecule has 0 radical (unpaired) electrons. The minimum atomic E-state index is -0.481. The van der Waals surface area contributed by atoms with E-state index in [0.29, 0.717) is 0 Å². The molecule has 0 saturated carbocycles. The van der Waals surface area contributed by atoms with Gasteiger partial charge in [-0.05, 0) is 37.3 Å². The number of nitrogens with two attached hydrogens (primary N) is 2. The number of aliphatic imine (C=N–C) groups is 1. The number of rotatable bonds is 0. The molecule has 6 heteroatoms. The molecule has 0 aromatic carbocycles. The minimum Gasteiger partial charge on any atom is -0.319 e. The van der Waals surface area contributed by atoms with Crippen molar-refractivity contribution in [3.05, 3.63) is 70.2 Å². The zero-order chi connectivity index (χ0) is 18.6. The highest BCUT2D eigenvalue weighted by atomic mass is 14.8. The second-order valence-electron chi connectivity index (χ2n) is 6.81. The summed E-state index contributed by atoms with van der Waals surface area (Å²) in [6.45, 7) is 3.84. The summed E-state index contributed by atoms with van der Waals surface area (Å²) in [5.41, 5.74) is 11.0. The number of hydrogen-bond acceptors (Lipinski definition) is 6. The summed E-state index contributed by atoms with van der Waals surface area (Å²) < 4.78 is 0. The maximum Gasteiger partial charge on any atom is 0.0730 e. The van der Waals surface area contributed by atoms with Crippen molar-refractivity contribution < 1.29 is 0 Å². The molecule has 4 heterocycles. The van der Waals surface area contributed by atoms with Gasteiger partial charge in [-0.3, -0.25) is 20.0 Å². The average Bonchev–Trinajstić information content (AvgIpc) is 2.83. The maximum atomic E-state index is 5.96. The minimum absolute atomic E-state index is 0.433. The number of nitrogens with zero attached hydrogens (tertiary/aromatic N) is 4. The summed E-state index contributed by atoms with van der Waals surface area (Å²) >= 11 is 0. The van der Waals surface area contributed by atoms with Gasteiger partial charge in [-0.2, -0.15) is 0 Å². The van der Waals surface area contributed by atoms with E-state index >= 15 is 0 Å². The predicted octanol–water partition coefficient (Wildman–Crippen LogP) is -0.872. The van der Waals surface area contributed by atoms with Crippen molar-refractivity contribution in [1.82, 2.24) is 9.97 Å². The molecule has 2 atom stereocenters. The van der Waals surface area contributed by atoms with Crippen molar-refractivity contribution in [1.29, 1.82) is 0 Å². The van der Waals surface area contributed by atoms with E-state index in [1.165, 1.54) is 0 Å². The Balaban J connectivity index is 0.000000151. The first-order valence-electron chi connectivity index (χ1n) is 8.28. The van der Waals surface area contributed by atoms with Crippen molar-refractivity contribution in [2.24, 2.45) is 21.5 Å². The smallest absolute Gasteiger partial charge is 0.0730 e. The van der Waals surface area contributed by atoms with Crippen LogP contribution < -0.4 is 32.5 Å². The summed E-state index contributed by atoms with van der Waals surface area (Å²) in [5, 5.41) is 3.99. The average molecular weight is 346 g/mol. The van der Waals surface area contributed by atoms with Crippen molar-refractivity contribution in [3.63, 3.8) is 0 Å². The van der Waals surface area contributed by atoms with Gasteiger partial charge in [-0.15, -0.1) is 0 Å². The second-order valence-corrected chi connectivity index (χ2v) is 6.81. The SMILES string of the molecule is CC1(N)C=CN=c2ccncc2=C1.CC1(N)C=NC=c2ccncc2=C1. The van der Waals surface area contributed by atoms with Gasteiger partial charge < -0.3 is 11.5 Å². The lowest BCUT2D eigenvalue weighted by atomic mass is 10.0. The number of pyridine rings is 2. The zero-order valence-corrected chi connectivity index (χ0v) is 14.9. The first kappa shape index (κ1) is 17.8. The standard InChI is InChI=1S/2C10H11N3/c1-10(11)3-5-13-9-2-4-12-7-8(9)6-10;1-10(11)4-9-6-12-3-2-8(9)5-13-7-10/h2*2-7H,11H2,1H3. The van der Waals surface area contributed by atoms with Crippen LogP contribution >= 0.6 is 0 Å². The molecule has 2 aromatic heterocycles. The van der Waals surface area contributed by atoms with Gasteiger partial charge in [-0.1, -0.05) is 12.2 Å². The zero-order valence-electron chi connectivity index (χ0n) is 14.9. The highest BCUT2D eigenvalue weighted by Crippen LogP contribution is 2.03. The van der Waals surface area contributed by atoms with E-state index in [1.807, 2.05) is 44.2 Å². The Kier molecular flexibility index (Phi) is 4.88. The van der Waals surface area contributed by atoms with Gasteiger partial charge in [0.05, 0.1) is 16.4 Å². The molecular formula is C20H22N6. The van der Waals surface area contributed by atoms with E-state index in [1.54, 1.807) is 43.4 Å². The van der Waals surface area contributed by atoms with Gasteiger partial charge in [0.2, 0.25) is 0 Å². The highest BCUT2D eigenvalue weighted by Gasteiger charge is 2.12. The monoisotopic (exact) mass is 346 g/mol. The van der Waals surface area contributed by atoms with Crippen molar-refractivity contribution in [2.75, 3.05) is 0 Å². The van der Waals surface area contributed by atoms with Crippen LogP contribution in [-0.2, 0) is 0 Å². The molecule has 0 spiro atoms. The van der Waals surface area contributed by atoms with E-state index in [0.717, 1.165) is 21.0 Å². The summed E-state index contributed by atoms with van der Waals surface area (Å²) in [4.78, 5) is 16.5. The molecule has 6 nitrogen and oxygen atoms in total. The Morgan fingerprint density at radius 3 is 2.35 bits per heavy atom. The number of fused-ring (bicyclic) bond motifs is 2. The molecule has 0 aliphatic carbocycles. The lowest BCUT2D eigenvalue weighted by molar-refractivity contribution is 0.776. The molecule has 2 aliphatic heterocycles. The first-order chi connectivity index (χ1) is 12.3. The quantitative estimate of drug-likeness (QED) is 0.647. The molecule has 0 bridgehead atoms. The molecule has 2 unspecified atom stereocenters. The van der Waals surface area contributed by atoms with Gasteiger partial charge in [-0.25, -0.2) is 0 Å². The van der Waals surface area contributed by atoms with Crippen LogP contribution in [0.5, 0.6) is 0 Å². The lowest BCUT2D eigenvalue weighted by Gasteiger charge is -2.12.